The molecule has 3 aromatic rings. The fraction of sp³-hybridized carbons (Fsp3) is 0.346. The van der Waals surface area contributed by atoms with E-state index in [1.54, 1.807) is 23.1 Å². The molecule has 40 heavy (non-hydrogen) atoms. The number of anilines is 2. The standard InChI is InChI=1S/C26H26F3N5O5S/c27-26(28,29)19-3-7-23(30-15-19)32-20-4-6-22(18(14-20)17-33-9-1-2-25(33)35)39-21-5-8-24(31-16-21)40(36,37)34-10-12-38-13-11-34/h3-8,14-16H,1-2,9-13,17H2,(H,30,32). The maximum atomic E-state index is 12.9. The second-order valence-corrected chi connectivity index (χ2v) is 11.1. The van der Waals surface area contributed by atoms with Crippen molar-refractivity contribution in [1.29, 1.82) is 0 Å². The summed E-state index contributed by atoms with van der Waals surface area (Å²) in [5.41, 5.74) is 0.316. The number of hydrogen-bond donors (Lipinski definition) is 1. The highest BCUT2D eigenvalue weighted by molar-refractivity contribution is 7.89. The molecule has 2 saturated heterocycles. The molecule has 2 aliphatic heterocycles. The third-order valence-corrected chi connectivity index (χ3v) is 8.28. The number of likely N-dealkylation sites (tertiary alicyclic amines) is 1. The van der Waals surface area contributed by atoms with Crippen LogP contribution >= 0.6 is 0 Å². The van der Waals surface area contributed by atoms with Crippen LogP contribution in [-0.2, 0) is 32.3 Å². The van der Waals surface area contributed by atoms with Crippen molar-refractivity contribution >= 4 is 27.4 Å². The van der Waals surface area contributed by atoms with Gasteiger partial charge < -0.3 is 19.7 Å². The van der Waals surface area contributed by atoms with Crippen LogP contribution in [-0.4, -0.2) is 66.3 Å². The van der Waals surface area contributed by atoms with Gasteiger partial charge in [-0.25, -0.2) is 18.4 Å². The largest absolute Gasteiger partial charge is 0.455 e. The number of amides is 1. The predicted molar refractivity (Wildman–Crippen MR) is 138 cm³/mol. The molecular formula is C26H26F3N5O5S. The molecule has 1 amide bonds. The zero-order valence-electron chi connectivity index (χ0n) is 21.2. The number of carbonyl (C=O) groups is 1. The number of alkyl halides is 3. The molecule has 0 atom stereocenters. The first-order valence-corrected chi connectivity index (χ1v) is 14.0. The molecule has 14 heteroatoms. The minimum Gasteiger partial charge on any atom is -0.455 e. The van der Waals surface area contributed by atoms with E-state index < -0.39 is 21.8 Å². The summed E-state index contributed by atoms with van der Waals surface area (Å²) in [6.07, 6.45) is -1.23. The molecule has 0 unspecified atom stereocenters. The highest BCUT2D eigenvalue weighted by Crippen LogP contribution is 2.32. The average molecular weight is 578 g/mol. The summed E-state index contributed by atoms with van der Waals surface area (Å²) in [6.45, 7) is 1.99. The van der Waals surface area contributed by atoms with Crippen molar-refractivity contribution in [3.05, 3.63) is 66.0 Å². The van der Waals surface area contributed by atoms with Crippen LogP contribution in [0.4, 0.5) is 24.7 Å². The summed E-state index contributed by atoms with van der Waals surface area (Å²) in [6, 6.07) is 10.1. The van der Waals surface area contributed by atoms with Crippen molar-refractivity contribution in [2.45, 2.75) is 30.6 Å². The Kier molecular flexibility index (Phi) is 7.92. The minimum atomic E-state index is -4.49. The average Bonchev–Trinajstić information content (AvgIpc) is 3.34. The highest BCUT2D eigenvalue weighted by atomic mass is 32.2. The van der Waals surface area contributed by atoms with Crippen molar-refractivity contribution < 1.29 is 35.9 Å². The van der Waals surface area contributed by atoms with Gasteiger partial charge in [-0.05, 0) is 48.9 Å². The van der Waals surface area contributed by atoms with Crippen molar-refractivity contribution in [2.75, 3.05) is 38.2 Å². The van der Waals surface area contributed by atoms with Crippen LogP contribution in [0.1, 0.15) is 24.0 Å². The number of morpholine rings is 1. The van der Waals surface area contributed by atoms with E-state index in [4.69, 9.17) is 9.47 Å². The van der Waals surface area contributed by atoms with E-state index in [0.29, 0.717) is 48.9 Å². The first-order chi connectivity index (χ1) is 19.1. The number of sulfonamides is 1. The normalized spacial score (nSPS) is 16.8. The smallest absolute Gasteiger partial charge is 0.417 e. The van der Waals surface area contributed by atoms with Crippen molar-refractivity contribution in [3.8, 4) is 11.5 Å². The Hall–Kier alpha value is -3.75. The van der Waals surface area contributed by atoms with E-state index in [-0.39, 0.29) is 36.4 Å². The number of hydrogen-bond acceptors (Lipinski definition) is 8. The summed E-state index contributed by atoms with van der Waals surface area (Å²) < 4.78 is 76.9. The van der Waals surface area contributed by atoms with Crippen molar-refractivity contribution in [1.82, 2.24) is 19.2 Å². The molecule has 0 saturated carbocycles. The van der Waals surface area contributed by atoms with Gasteiger partial charge in [-0.15, -0.1) is 0 Å². The van der Waals surface area contributed by atoms with Crippen LogP contribution in [0.5, 0.6) is 11.5 Å². The number of nitrogens with zero attached hydrogens (tertiary/aromatic N) is 4. The Morgan fingerprint density at radius 3 is 2.42 bits per heavy atom. The molecule has 2 fully saturated rings. The minimum absolute atomic E-state index is 0.00746. The second-order valence-electron chi connectivity index (χ2n) is 9.25. The maximum absolute atomic E-state index is 12.9. The topological polar surface area (TPSA) is 114 Å². The van der Waals surface area contributed by atoms with Gasteiger partial charge in [0.2, 0.25) is 5.91 Å². The van der Waals surface area contributed by atoms with Gasteiger partial charge in [0.1, 0.15) is 17.3 Å². The summed E-state index contributed by atoms with van der Waals surface area (Å²) in [5, 5.41) is 2.87. The van der Waals surface area contributed by atoms with Crippen LogP contribution in [0.25, 0.3) is 0 Å². The van der Waals surface area contributed by atoms with Crippen LogP contribution in [0.2, 0.25) is 0 Å². The van der Waals surface area contributed by atoms with E-state index in [2.05, 4.69) is 15.3 Å². The van der Waals surface area contributed by atoms with Crippen molar-refractivity contribution in [3.63, 3.8) is 0 Å². The first-order valence-electron chi connectivity index (χ1n) is 12.5. The number of halogens is 3. The maximum Gasteiger partial charge on any atom is 0.417 e. The molecule has 10 nitrogen and oxygen atoms in total. The Bertz CT molecular complexity index is 1460. The van der Waals surface area contributed by atoms with Gasteiger partial charge in [0.25, 0.3) is 10.0 Å². The monoisotopic (exact) mass is 577 g/mol. The van der Waals surface area contributed by atoms with Crippen molar-refractivity contribution in [2.24, 2.45) is 0 Å². The van der Waals surface area contributed by atoms with Gasteiger partial charge in [-0.3, -0.25) is 4.79 Å². The van der Waals surface area contributed by atoms with Crippen LogP contribution in [0.3, 0.4) is 0 Å². The zero-order valence-corrected chi connectivity index (χ0v) is 22.0. The quantitative estimate of drug-likeness (QED) is 0.425. The lowest BCUT2D eigenvalue weighted by atomic mass is 10.1. The molecule has 1 N–H and O–H groups in total. The van der Waals surface area contributed by atoms with E-state index in [1.165, 1.54) is 28.7 Å². The Morgan fingerprint density at radius 2 is 1.80 bits per heavy atom. The van der Waals surface area contributed by atoms with Gasteiger partial charge in [0.05, 0.1) is 25.0 Å². The Balaban J connectivity index is 1.36. The molecule has 0 radical (unpaired) electrons. The number of pyridine rings is 2. The van der Waals surface area contributed by atoms with Crippen LogP contribution in [0.15, 0.2) is 59.9 Å². The Morgan fingerprint density at radius 1 is 1.00 bits per heavy atom. The third-order valence-electron chi connectivity index (χ3n) is 6.47. The number of benzene rings is 1. The zero-order chi connectivity index (χ0) is 28.3. The van der Waals surface area contributed by atoms with Gasteiger partial charge >= 0.3 is 6.18 Å². The molecule has 2 aliphatic rings. The van der Waals surface area contributed by atoms with E-state index in [1.807, 2.05) is 0 Å². The second kappa shape index (κ2) is 11.4. The first kappa shape index (κ1) is 27.8. The molecule has 0 aliphatic carbocycles. The number of nitrogens with one attached hydrogen (secondary N) is 1. The molecule has 212 valence electrons. The summed E-state index contributed by atoms with van der Waals surface area (Å²) in [4.78, 5) is 21.9. The molecule has 5 rings (SSSR count). The van der Waals surface area contributed by atoms with E-state index in [0.717, 1.165) is 18.7 Å². The number of ether oxygens (including phenoxy) is 2. The molecular weight excluding hydrogens is 551 g/mol. The molecule has 0 bridgehead atoms. The van der Waals surface area contributed by atoms with Gasteiger partial charge in [0.15, 0.2) is 5.03 Å². The lowest BCUT2D eigenvalue weighted by Crippen LogP contribution is -2.40. The van der Waals surface area contributed by atoms with E-state index >= 15 is 0 Å². The Labute approximate surface area is 228 Å². The molecule has 1 aromatic carbocycles. The van der Waals surface area contributed by atoms with E-state index in [9.17, 15) is 26.4 Å². The molecule has 2 aromatic heterocycles. The van der Waals surface area contributed by atoms with Crippen LogP contribution in [0, 0.1) is 0 Å². The number of aromatic nitrogens is 2. The fourth-order valence-corrected chi connectivity index (χ4v) is 5.69. The molecule has 4 heterocycles. The summed E-state index contributed by atoms with van der Waals surface area (Å²) in [5.74, 6) is 0.926. The van der Waals surface area contributed by atoms with Gasteiger partial charge in [-0.1, -0.05) is 0 Å². The number of rotatable bonds is 8. The lowest BCUT2D eigenvalue weighted by molar-refractivity contribution is -0.137. The summed E-state index contributed by atoms with van der Waals surface area (Å²) in [7, 11) is -3.76. The van der Waals surface area contributed by atoms with Gasteiger partial charge in [0, 0.05) is 50.0 Å². The number of carbonyl (C=O) groups excluding carboxylic acids is 1. The van der Waals surface area contributed by atoms with Gasteiger partial charge in [-0.2, -0.15) is 17.5 Å². The van der Waals surface area contributed by atoms with Crippen LogP contribution < -0.4 is 10.1 Å². The highest BCUT2D eigenvalue weighted by Gasteiger charge is 2.31. The molecule has 0 spiro atoms. The SMILES string of the molecule is O=C1CCCN1Cc1cc(Nc2ccc(C(F)(F)F)cn2)ccc1Oc1ccc(S(=O)(=O)N2CCOCC2)nc1. The third kappa shape index (κ3) is 6.35. The summed E-state index contributed by atoms with van der Waals surface area (Å²) >= 11 is 0. The lowest BCUT2D eigenvalue weighted by Gasteiger charge is -2.25. The fourth-order valence-electron chi connectivity index (χ4n) is 4.37. The predicted octanol–water partition coefficient (Wildman–Crippen LogP) is 4.17.